The molecule has 1 aromatic rings. The highest BCUT2D eigenvalue weighted by molar-refractivity contribution is 5.71. The van der Waals surface area contributed by atoms with Crippen molar-refractivity contribution in [3.63, 3.8) is 0 Å². The summed E-state index contributed by atoms with van der Waals surface area (Å²) in [7, 11) is 1.57. The lowest BCUT2D eigenvalue weighted by molar-refractivity contribution is -0.155. The molecule has 0 N–H and O–H groups in total. The van der Waals surface area contributed by atoms with E-state index in [9.17, 15) is 9.59 Å². The predicted molar refractivity (Wildman–Crippen MR) is 65.3 cm³/mol. The van der Waals surface area contributed by atoms with E-state index in [-0.39, 0.29) is 5.97 Å². The third-order valence-electron chi connectivity index (χ3n) is 2.98. The van der Waals surface area contributed by atoms with Crippen LogP contribution in [0.4, 0.5) is 0 Å². The normalized spacial score (nSPS) is 21.0. The second-order valence-corrected chi connectivity index (χ2v) is 4.15. The van der Waals surface area contributed by atoms with Crippen LogP contribution in [0.2, 0.25) is 0 Å². The molecule has 0 bridgehead atoms. The van der Waals surface area contributed by atoms with E-state index in [2.05, 4.69) is 0 Å². The smallest absolute Gasteiger partial charge is 0.303 e. The molecule has 18 heavy (non-hydrogen) atoms. The average molecular weight is 246 g/mol. The minimum absolute atomic E-state index is 0.387. The number of ether oxygens (including phenoxy) is 2. The first kappa shape index (κ1) is 12.4. The molecule has 94 valence electrons. The lowest BCUT2D eigenvalue weighted by Crippen LogP contribution is -2.41. The molecule has 1 atom stereocenters. The number of methoxy groups -OCH3 is 1. The number of hydrogen-bond acceptors (Lipinski definition) is 4. The van der Waals surface area contributed by atoms with Crippen molar-refractivity contribution >= 4 is 12.3 Å². The van der Waals surface area contributed by atoms with Crippen molar-refractivity contribution in [2.45, 2.75) is 18.9 Å². The second-order valence-electron chi connectivity index (χ2n) is 4.15. The van der Waals surface area contributed by atoms with Gasteiger partial charge < -0.3 is 9.47 Å². The molecule has 4 nitrogen and oxygen atoms in total. The largest absolute Gasteiger partial charge is 0.496 e. The van der Waals surface area contributed by atoms with E-state index in [1.807, 2.05) is 18.2 Å². The van der Waals surface area contributed by atoms with Crippen LogP contribution in [0.1, 0.15) is 18.1 Å². The van der Waals surface area contributed by atoms with Crippen molar-refractivity contribution < 1.29 is 19.1 Å². The van der Waals surface area contributed by atoms with E-state index in [0.717, 1.165) is 11.1 Å². The molecule has 0 aromatic heterocycles. The van der Waals surface area contributed by atoms with Crippen LogP contribution in [0.15, 0.2) is 30.4 Å². The third kappa shape index (κ3) is 1.90. The van der Waals surface area contributed by atoms with Crippen LogP contribution < -0.4 is 4.74 Å². The van der Waals surface area contributed by atoms with Gasteiger partial charge in [-0.1, -0.05) is 12.1 Å². The average Bonchev–Trinajstić information content (AvgIpc) is 2.32. The van der Waals surface area contributed by atoms with Crippen LogP contribution in [0.5, 0.6) is 5.75 Å². The van der Waals surface area contributed by atoms with Gasteiger partial charge in [-0.05, 0) is 23.8 Å². The Kier molecular flexibility index (Phi) is 3.19. The molecule has 1 aliphatic rings. The summed E-state index contributed by atoms with van der Waals surface area (Å²) in [6.45, 7) is 1.35. The topological polar surface area (TPSA) is 52.6 Å². The number of aldehydes is 1. The van der Waals surface area contributed by atoms with Crippen molar-refractivity contribution in [1.82, 2.24) is 0 Å². The van der Waals surface area contributed by atoms with Gasteiger partial charge in [-0.15, -0.1) is 0 Å². The van der Waals surface area contributed by atoms with Gasteiger partial charge in [0.1, 0.15) is 12.0 Å². The maximum absolute atomic E-state index is 11.2. The molecule has 1 unspecified atom stereocenters. The molecule has 0 amide bonds. The van der Waals surface area contributed by atoms with Gasteiger partial charge in [0.25, 0.3) is 0 Å². The molecular formula is C14H14O4. The second kappa shape index (κ2) is 4.64. The Balaban J connectivity index is 2.48. The van der Waals surface area contributed by atoms with Crippen LogP contribution in [0, 0.1) is 0 Å². The summed E-state index contributed by atoms with van der Waals surface area (Å²) in [6, 6.07) is 5.65. The highest BCUT2D eigenvalue weighted by Crippen LogP contribution is 2.48. The summed E-state index contributed by atoms with van der Waals surface area (Å²) < 4.78 is 10.7. The zero-order valence-corrected chi connectivity index (χ0v) is 10.3. The lowest BCUT2D eigenvalue weighted by atomic mass is 9.72. The maximum Gasteiger partial charge on any atom is 0.303 e. The number of benzene rings is 1. The molecule has 0 saturated heterocycles. The van der Waals surface area contributed by atoms with E-state index < -0.39 is 5.60 Å². The van der Waals surface area contributed by atoms with Crippen LogP contribution in [-0.4, -0.2) is 19.4 Å². The van der Waals surface area contributed by atoms with Crippen molar-refractivity contribution in [2.24, 2.45) is 0 Å². The quantitative estimate of drug-likeness (QED) is 0.461. The van der Waals surface area contributed by atoms with Gasteiger partial charge in [-0.25, -0.2) is 0 Å². The van der Waals surface area contributed by atoms with Crippen molar-refractivity contribution in [2.75, 3.05) is 7.11 Å². The van der Waals surface area contributed by atoms with E-state index >= 15 is 0 Å². The SMILES string of the molecule is COc1cccc2c1C(/C=C\C=O)(OC(C)=O)C2. The summed E-state index contributed by atoms with van der Waals surface area (Å²) in [5, 5.41) is 0. The number of carbonyl (C=O) groups excluding carboxylic acids is 2. The van der Waals surface area contributed by atoms with Crippen LogP contribution in [-0.2, 0) is 26.3 Å². The number of hydrogen-bond donors (Lipinski definition) is 0. The number of allylic oxidation sites excluding steroid dienone is 1. The van der Waals surface area contributed by atoms with Gasteiger partial charge in [0, 0.05) is 18.9 Å². The van der Waals surface area contributed by atoms with E-state index in [1.165, 1.54) is 13.0 Å². The van der Waals surface area contributed by atoms with E-state index in [1.54, 1.807) is 13.2 Å². The first-order chi connectivity index (χ1) is 8.63. The number of carbonyl (C=O) groups is 2. The van der Waals surface area contributed by atoms with Crippen LogP contribution in [0.3, 0.4) is 0 Å². The fourth-order valence-electron chi connectivity index (χ4n) is 2.35. The summed E-state index contributed by atoms with van der Waals surface area (Å²) in [6.07, 6.45) is 4.17. The van der Waals surface area contributed by atoms with Crippen LogP contribution in [0.25, 0.3) is 0 Å². The summed E-state index contributed by atoms with van der Waals surface area (Å²) in [5.41, 5.74) is 1.02. The van der Waals surface area contributed by atoms with Crippen molar-refractivity contribution in [1.29, 1.82) is 0 Å². The molecule has 0 heterocycles. The van der Waals surface area contributed by atoms with E-state index in [0.29, 0.717) is 18.5 Å². The Morgan fingerprint density at radius 2 is 2.22 bits per heavy atom. The monoisotopic (exact) mass is 246 g/mol. The lowest BCUT2D eigenvalue weighted by Gasteiger charge is -2.41. The predicted octanol–water partition coefficient (Wildman–Crippen LogP) is 1.76. The van der Waals surface area contributed by atoms with Gasteiger partial charge in [-0.3, -0.25) is 9.59 Å². The standard InChI is InChI=1S/C14H14O4/c1-10(16)18-14(7-4-8-15)9-11-5-3-6-12(17-2)13(11)14/h3-8H,9H2,1-2H3/b7-4-. The molecule has 0 fully saturated rings. The number of esters is 1. The molecule has 0 spiro atoms. The third-order valence-corrected chi connectivity index (χ3v) is 2.98. The number of fused-ring (bicyclic) bond motifs is 1. The zero-order valence-electron chi connectivity index (χ0n) is 10.3. The van der Waals surface area contributed by atoms with Crippen LogP contribution >= 0.6 is 0 Å². The molecular weight excluding hydrogens is 232 g/mol. The van der Waals surface area contributed by atoms with Crippen molar-refractivity contribution in [3.8, 4) is 5.75 Å². The van der Waals surface area contributed by atoms with Gasteiger partial charge in [-0.2, -0.15) is 0 Å². The van der Waals surface area contributed by atoms with Gasteiger partial charge >= 0.3 is 5.97 Å². The molecule has 0 saturated carbocycles. The molecule has 4 heteroatoms. The molecule has 1 aromatic carbocycles. The molecule has 1 aliphatic carbocycles. The Morgan fingerprint density at radius 1 is 1.44 bits per heavy atom. The fraction of sp³-hybridized carbons (Fsp3) is 0.286. The summed E-state index contributed by atoms with van der Waals surface area (Å²) in [5.74, 6) is 0.276. The number of rotatable bonds is 4. The van der Waals surface area contributed by atoms with Gasteiger partial charge in [0.05, 0.1) is 7.11 Å². The molecule has 0 aliphatic heterocycles. The molecule has 2 rings (SSSR count). The fourth-order valence-corrected chi connectivity index (χ4v) is 2.35. The summed E-state index contributed by atoms with van der Waals surface area (Å²) >= 11 is 0. The van der Waals surface area contributed by atoms with Crippen molar-refractivity contribution in [3.05, 3.63) is 41.5 Å². The van der Waals surface area contributed by atoms with Gasteiger partial charge in [0.2, 0.25) is 0 Å². The molecule has 0 radical (unpaired) electrons. The highest BCUT2D eigenvalue weighted by Gasteiger charge is 2.46. The Hall–Kier alpha value is -2.10. The Labute approximate surface area is 105 Å². The Morgan fingerprint density at radius 3 is 2.83 bits per heavy atom. The first-order valence-electron chi connectivity index (χ1n) is 5.62. The van der Waals surface area contributed by atoms with E-state index in [4.69, 9.17) is 9.47 Å². The minimum Gasteiger partial charge on any atom is -0.496 e. The minimum atomic E-state index is -0.866. The summed E-state index contributed by atoms with van der Waals surface area (Å²) in [4.78, 5) is 21.7. The zero-order chi connectivity index (χ0) is 13.2. The van der Waals surface area contributed by atoms with Gasteiger partial charge in [0.15, 0.2) is 5.60 Å². The Bertz CT molecular complexity index is 519. The maximum atomic E-state index is 11.2. The first-order valence-corrected chi connectivity index (χ1v) is 5.62. The highest BCUT2D eigenvalue weighted by atomic mass is 16.6.